The Labute approximate surface area is 172 Å². The molecule has 1 N–H and O–H groups in total. The molecule has 0 aliphatic carbocycles. The molecular formula is C21H20N4O5. The third-order valence-corrected chi connectivity index (χ3v) is 4.48. The number of carbonyl (C=O) groups excluding carboxylic acids is 2. The van der Waals surface area contributed by atoms with Gasteiger partial charge < -0.3 is 10.1 Å². The molecule has 0 aliphatic heterocycles. The van der Waals surface area contributed by atoms with E-state index in [2.05, 4.69) is 10.4 Å². The van der Waals surface area contributed by atoms with E-state index in [0.717, 1.165) is 16.9 Å². The van der Waals surface area contributed by atoms with Crippen LogP contribution in [0.5, 0.6) is 0 Å². The number of hydrogen-bond donors (Lipinski definition) is 1. The number of nitro benzene ring substituents is 1. The maximum Gasteiger partial charge on any atom is 0.338 e. The Morgan fingerprint density at radius 3 is 2.30 bits per heavy atom. The highest BCUT2D eigenvalue weighted by atomic mass is 16.6. The number of benzene rings is 2. The molecule has 1 aromatic heterocycles. The summed E-state index contributed by atoms with van der Waals surface area (Å²) in [7, 11) is 0. The molecule has 0 saturated heterocycles. The fraction of sp³-hybridized carbons (Fsp3) is 0.190. The summed E-state index contributed by atoms with van der Waals surface area (Å²) < 4.78 is 6.73. The fourth-order valence-electron chi connectivity index (χ4n) is 2.87. The summed E-state index contributed by atoms with van der Waals surface area (Å²) in [5.41, 5.74) is 3.89. The molecule has 30 heavy (non-hydrogen) atoms. The first-order valence-corrected chi connectivity index (χ1v) is 9.11. The van der Waals surface area contributed by atoms with Crippen LogP contribution >= 0.6 is 0 Å². The van der Waals surface area contributed by atoms with E-state index in [-0.39, 0.29) is 11.3 Å². The van der Waals surface area contributed by atoms with Crippen LogP contribution in [-0.2, 0) is 9.53 Å². The van der Waals surface area contributed by atoms with Crippen LogP contribution in [0.2, 0.25) is 0 Å². The highest BCUT2D eigenvalue weighted by molar-refractivity contribution is 5.96. The monoisotopic (exact) mass is 408 g/mol. The molecule has 0 atom stereocenters. The van der Waals surface area contributed by atoms with Gasteiger partial charge in [0.05, 0.1) is 33.2 Å². The van der Waals surface area contributed by atoms with Crippen molar-refractivity contribution in [1.29, 1.82) is 0 Å². The van der Waals surface area contributed by atoms with E-state index < -0.39 is 23.4 Å². The summed E-state index contributed by atoms with van der Waals surface area (Å²) in [6.07, 6.45) is 0. The smallest absolute Gasteiger partial charge is 0.338 e. The molecule has 0 saturated carbocycles. The van der Waals surface area contributed by atoms with Gasteiger partial charge in [-0.2, -0.15) is 5.10 Å². The molecule has 1 amide bonds. The van der Waals surface area contributed by atoms with Gasteiger partial charge >= 0.3 is 5.97 Å². The lowest BCUT2D eigenvalue weighted by Gasteiger charge is -2.08. The third kappa shape index (κ3) is 4.52. The topological polar surface area (TPSA) is 116 Å². The van der Waals surface area contributed by atoms with Crippen LogP contribution in [0.15, 0.2) is 48.5 Å². The van der Waals surface area contributed by atoms with Crippen molar-refractivity contribution in [3.8, 4) is 5.69 Å². The van der Waals surface area contributed by atoms with Crippen LogP contribution in [0.4, 0.5) is 11.4 Å². The van der Waals surface area contributed by atoms with Crippen molar-refractivity contribution in [1.82, 2.24) is 9.78 Å². The Hall–Kier alpha value is -4.01. The zero-order valence-corrected chi connectivity index (χ0v) is 16.7. The molecule has 0 aliphatic rings. The van der Waals surface area contributed by atoms with Gasteiger partial charge in [-0.1, -0.05) is 17.7 Å². The Morgan fingerprint density at radius 2 is 1.70 bits per heavy atom. The van der Waals surface area contributed by atoms with Gasteiger partial charge in [-0.05, 0) is 45.0 Å². The normalized spacial score (nSPS) is 10.5. The summed E-state index contributed by atoms with van der Waals surface area (Å²) in [5, 5.41) is 17.9. The summed E-state index contributed by atoms with van der Waals surface area (Å²) in [5.74, 6) is -1.26. The van der Waals surface area contributed by atoms with Crippen molar-refractivity contribution in [2.75, 3.05) is 11.9 Å². The number of nitrogens with zero attached hydrogens (tertiary/aromatic N) is 3. The predicted octanol–water partition coefficient (Wildman–Crippen LogP) is 3.50. The molecule has 0 fully saturated rings. The number of hydrogen-bond acceptors (Lipinski definition) is 6. The summed E-state index contributed by atoms with van der Waals surface area (Å²) in [4.78, 5) is 34.4. The first-order chi connectivity index (χ1) is 14.3. The average Bonchev–Trinajstić information content (AvgIpc) is 3.01. The Bertz CT molecular complexity index is 1100. The standard InChI is InChI=1S/C21H20N4O5/c1-13-4-8-17(9-5-13)24-15(3)20(14(2)23-24)22-19(26)12-30-21(27)16-6-10-18(11-7-16)25(28)29/h4-11H,12H2,1-3H3,(H,22,26). The van der Waals surface area contributed by atoms with Crippen LogP contribution in [0, 0.1) is 30.9 Å². The second kappa shape index (κ2) is 8.56. The van der Waals surface area contributed by atoms with Gasteiger partial charge in [-0.25, -0.2) is 9.48 Å². The zero-order valence-electron chi connectivity index (χ0n) is 16.7. The molecule has 9 heteroatoms. The van der Waals surface area contributed by atoms with Crippen molar-refractivity contribution in [3.63, 3.8) is 0 Å². The zero-order chi connectivity index (χ0) is 21.8. The molecule has 154 valence electrons. The molecule has 1 heterocycles. The first-order valence-electron chi connectivity index (χ1n) is 9.11. The number of ether oxygens (including phenoxy) is 1. The molecule has 3 aromatic rings. The van der Waals surface area contributed by atoms with Gasteiger partial charge in [0.1, 0.15) is 0 Å². The highest BCUT2D eigenvalue weighted by Crippen LogP contribution is 2.23. The number of rotatable bonds is 6. The van der Waals surface area contributed by atoms with Crippen molar-refractivity contribution in [2.24, 2.45) is 0 Å². The molecule has 3 rings (SSSR count). The van der Waals surface area contributed by atoms with E-state index in [9.17, 15) is 19.7 Å². The van der Waals surface area contributed by atoms with E-state index in [4.69, 9.17) is 4.74 Å². The number of non-ortho nitro benzene ring substituents is 1. The summed E-state index contributed by atoms with van der Waals surface area (Å²) in [6.45, 7) is 5.10. The minimum absolute atomic E-state index is 0.118. The lowest BCUT2D eigenvalue weighted by Crippen LogP contribution is -2.21. The van der Waals surface area contributed by atoms with Gasteiger partial charge in [0, 0.05) is 12.1 Å². The van der Waals surface area contributed by atoms with Crippen LogP contribution in [0.25, 0.3) is 5.69 Å². The number of aryl methyl sites for hydroxylation is 2. The molecule has 9 nitrogen and oxygen atoms in total. The number of esters is 1. The SMILES string of the molecule is Cc1ccc(-n2nc(C)c(NC(=O)COC(=O)c3ccc([N+](=O)[O-])cc3)c2C)cc1. The Balaban J connectivity index is 1.64. The molecule has 0 unspecified atom stereocenters. The molecule has 0 radical (unpaired) electrons. The quantitative estimate of drug-likeness (QED) is 0.379. The van der Waals surface area contributed by atoms with Crippen LogP contribution in [0.1, 0.15) is 27.3 Å². The van der Waals surface area contributed by atoms with Crippen molar-refractivity contribution >= 4 is 23.3 Å². The Morgan fingerprint density at radius 1 is 1.07 bits per heavy atom. The third-order valence-electron chi connectivity index (χ3n) is 4.48. The second-order valence-corrected chi connectivity index (χ2v) is 6.72. The molecule has 2 aromatic carbocycles. The number of aromatic nitrogens is 2. The fourth-order valence-corrected chi connectivity index (χ4v) is 2.87. The number of nitro groups is 1. The number of carbonyl (C=O) groups is 2. The van der Waals surface area contributed by atoms with Crippen molar-refractivity contribution < 1.29 is 19.2 Å². The van der Waals surface area contributed by atoms with E-state index in [1.807, 2.05) is 38.1 Å². The van der Waals surface area contributed by atoms with Crippen LogP contribution in [0.3, 0.4) is 0 Å². The first kappa shape index (κ1) is 20.7. The number of anilines is 1. The van der Waals surface area contributed by atoms with E-state index in [1.54, 1.807) is 11.6 Å². The van der Waals surface area contributed by atoms with E-state index in [1.165, 1.54) is 24.3 Å². The second-order valence-electron chi connectivity index (χ2n) is 6.72. The van der Waals surface area contributed by atoms with Crippen molar-refractivity contribution in [2.45, 2.75) is 20.8 Å². The maximum absolute atomic E-state index is 12.3. The summed E-state index contributed by atoms with van der Waals surface area (Å²) in [6, 6.07) is 12.8. The van der Waals surface area contributed by atoms with Gasteiger partial charge in [-0.3, -0.25) is 14.9 Å². The lowest BCUT2D eigenvalue weighted by molar-refractivity contribution is -0.384. The Kier molecular flexibility index (Phi) is 5.91. The minimum atomic E-state index is -0.746. The number of amides is 1. The van der Waals surface area contributed by atoms with Gasteiger partial charge in [-0.15, -0.1) is 0 Å². The average molecular weight is 408 g/mol. The predicted molar refractivity (Wildman–Crippen MR) is 110 cm³/mol. The van der Waals surface area contributed by atoms with Crippen LogP contribution < -0.4 is 5.32 Å². The maximum atomic E-state index is 12.3. The number of nitrogens with one attached hydrogen (secondary N) is 1. The van der Waals surface area contributed by atoms with Crippen molar-refractivity contribution in [3.05, 3.63) is 81.2 Å². The van der Waals surface area contributed by atoms with Gasteiger partial charge in [0.2, 0.25) is 0 Å². The lowest BCUT2D eigenvalue weighted by atomic mass is 10.2. The minimum Gasteiger partial charge on any atom is -0.452 e. The van der Waals surface area contributed by atoms with Crippen LogP contribution in [-0.4, -0.2) is 33.2 Å². The molecule has 0 spiro atoms. The van der Waals surface area contributed by atoms with E-state index in [0.29, 0.717) is 11.4 Å². The highest BCUT2D eigenvalue weighted by Gasteiger charge is 2.17. The summed E-state index contributed by atoms with van der Waals surface area (Å²) >= 11 is 0. The van der Waals surface area contributed by atoms with Gasteiger partial charge in [0.15, 0.2) is 6.61 Å². The molecular weight excluding hydrogens is 388 g/mol. The largest absolute Gasteiger partial charge is 0.452 e. The van der Waals surface area contributed by atoms with E-state index >= 15 is 0 Å². The van der Waals surface area contributed by atoms with Gasteiger partial charge in [0.25, 0.3) is 11.6 Å². The molecule has 0 bridgehead atoms.